The highest BCUT2D eigenvalue weighted by Gasteiger charge is 2.26. The molecule has 5 heteroatoms. The first-order valence-corrected chi connectivity index (χ1v) is 7.64. The number of nitrogens with zero attached hydrogens (tertiary/aromatic N) is 1. The molecule has 1 aromatic heterocycles. The quantitative estimate of drug-likeness (QED) is 0.829. The van der Waals surface area contributed by atoms with E-state index in [9.17, 15) is 9.90 Å². The van der Waals surface area contributed by atoms with Crippen molar-refractivity contribution in [2.75, 3.05) is 5.75 Å². The lowest BCUT2D eigenvalue weighted by Gasteiger charge is -2.16. The molecule has 17 heavy (non-hydrogen) atoms. The van der Waals surface area contributed by atoms with Crippen LogP contribution in [0, 0.1) is 0 Å². The molecule has 0 spiro atoms. The van der Waals surface area contributed by atoms with E-state index < -0.39 is 5.97 Å². The van der Waals surface area contributed by atoms with Crippen LogP contribution < -0.4 is 0 Å². The third kappa shape index (κ3) is 4.00. The van der Waals surface area contributed by atoms with Gasteiger partial charge in [0.15, 0.2) is 0 Å². The summed E-state index contributed by atoms with van der Waals surface area (Å²) in [5.41, 5.74) is 0.500. The Hall–Kier alpha value is -0.550. The third-order valence-corrected chi connectivity index (χ3v) is 4.55. The Morgan fingerprint density at radius 2 is 2.12 bits per heavy atom. The minimum absolute atomic E-state index is 0.210. The average Bonchev–Trinajstić information content (AvgIpc) is 2.62. The second-order valence-corrected chi connectivity index (χ2v) is 7.08. The van der Waals surface area contributed by atoms with E-state index in [0.717, 1.165) is 22.9 Å². The van der Waals surface area contributed by atoms with Crippen molar-refractivity contribution in [3.8, 4) is 0 Å². The van der Waals surface area contributed by atoms with Crippen LogP contribution in [0.2, 0.25) is 0 Å². The summed E-state index contributed by atoms with van der Waals surface area (Å²) in [4.78, 5) is 16.1. The van der Waals surface area contributed by atoms with Crippen molar-refractivity contribution >= 4 is 29.1 Å². The molecule has 0 unspecified atom stereocenters. The summed E-state index contributed by atoms with van der Waals surface area (Å²) in [6, 6.07) is 0. The highest BCUT2D eigenvalue weighted by Crippen LogP contribution is 2.31. The Labute approximate surface area is 111 Å². The summed E-state index contributed by atoms with van der Waals surface area (Å²) in [5.74, 6) is 1.04. The van der Waals surface area contributed by atoms with Gasteiger partial charge in [-0.2, -0.15) is 11.8 Å². The third-order valence-electron chi connectivity index (χ3n) is 2.15. The summed E-state index contributed by atoms with van der Waals surface area (Å²) in [6.45, 7) is 8.13. The lowest BCUT2D eigenvalue weighted by Crippen LogP contribution is -2.16. The molecule has 0 aliphatic rings. The molecular weight excluding hydrogens is 254 g/mol. The number of thioether (sulfide) groups is 1. The number of thiazole rings is 1. The molecule has 0 fully saturated rings. The van der Waals surface area contributed by atoms with Crippen molar-refractivity contribution in [1.29, 1.82) is 0 Å². The zero-order chi connectivity index (χ0) is 13.1. The van der Waals surface area contributed by atoms with E-state index in [4.69, 9.17) is 0 Å². The molecule has 96 valence electrons. The normalized spacial score (nSPS) is 11.8. The number of aromatic carboxylic acids is 1. The topological polar surface area (TPSA) is 50.2 Å². The molecular formula is C12H19NO2S2. The fraction of sp³-hybridized carbons (Fsp3) is 0.667. The van der Waals surface area contributed by atoms with E-state index in [0.29, 0.717) is 10.6 Å². The molecule has 0 aliphatic carbocycles. The monoisotopic (exact) mass is 273 g/mol. The lowest BCUT2D eigenvalue weighted by molar-refractivity contribution is 0.0699. The van der Waals surface area contributed by atoms with Crippen molar-refractivity contribution in [3.05, 3.63) is 15.6 Å². The van der Waals surface area contributed by atoms with E-state index in [1.807, 2.05) is 20.8 Å². The molecule has 1 N–H and O–H groups in total. The van der Waals surface area contributed by atoms with Crippen LogP contribution in [0.15, 0.2) is 0 Å². The van der Waals surface area contributed by atoms with Gasteiger partial charge in [0.05, 0.1) is 5.69 Å². The largest absolute Gasteiger partial charge is 0.477 e. The molecule has 1 rings (SSSR count). The van der Waals surface area contributed by atoms with Crippen molar-refractivity contribution in [3.63, 3.8) is 0 Å². The van der Waals surface area contributed by atoms with Gasteiger partial charge in [0, 0.05) is 11.2 Å². The van der Waals surface area contributed by atoms with Crippen LogP contribution >= 0.6 is 23.1 Å². The van der Waals surface area contributed by atoms with Gasteiger partial charge in [-0.25, -0.2) is 9.78 Å². The predicted octanol–water partition coefficient (Wildman–Crippen LogP) is 3.78. The first kappa shape index (κ1) is 14.5. The summed E-state index contributed by atoms with van der Waals surface area (Å²) < 4.78 is 0. The van der Waals surface area contributed by atoms with E-state index in [2.05, 4.69) is 11.9 Å². The second kappa shape index (κ2) is 5.87. The lowest BCUT2D eigenvalue weighted by atomic mass is 9.91. The van der Waals surface area contributed by atoms with Crippen LogP contribution in [-0.4, -0.2) is 21.8 Å². The molecule has 0 saturated heterocycles. The zero-order valence-electron chi connectivity index (χ0n) is 10.7. The Bertz CT molecular complexity index is 394. The second-order valence-electron chi connectivity index (χ2n) is 4.89. The number of carbonyl (C=O) groups is 1. The molecule has 0 aliphatic heterocycles. The summed E-state index contributed by atoms with van der Waals surface area (Å²) in [5, 5.41) is 10.1. The standard InChI is InChI=1S/C12H19NO2S2/c1-5-6-16-7-8-13-10(12(2,3)4)9(17-8)11(14)15/h5-7H2,1-4H3,(H,14,15). The van der Waals surface area contributed by atoms with Crippen molar-refractivity contribution in [2.45, 2.75) is 45.3 Å². The molecule has 3 nitrogen and oxygen atoms in total. The van der Waals surface area contributed by atoms with Crippen LogP contribution in [0.25, 0.3) is 0 Å². The first-order valence-electron chi connectivity index (χ1n) is 5.67. The van der Waals surface area contributed by atoms with E-state index >= 15 is 0 Å². The summed E-state index contributed by atoms with van der Waals surface area (Å²) in [7, 11) is 0. The van der Waals surface area contributed by atoms with Gasteiger partial charge in [-0.1, -0.05) is 27.7 Å². The zero-order valence-corrected chi connectivity index (χ0v) is 12.4. The van der Waals surface area contributed by atoms with Gasteiger partial charge in [0.25, 0.3) is 0 Å². The fourth-order valence-electron chi connectivity index (χ4n) is 1.38. The van der Waals surface area contributed by atoms with Gasteiger partial charge in [-0.15, -0.1) is 11.3 Å². The Kier molecular flexibility index (Phi) is 5.01. The smallest absolute Gasteiger partial charge is 0.347 e. The van der Waals surface area contributed by atoms with Gasteiger partial charge in [0.1, 0.15) is 9.88 Å². The van der Waals surface area contributed by atoms with Gasteiger partial charge in [-0.3, -0.25) is 0 Å². The van der Waals surface area contributed by atoms with Crippen LogP contribution in [0.3, 0.4) is 0 Å². The van der Waals surface area contributed by atoms with Crippen molar-refractivity contribution < 1.29 is 9.90 Å². The number of hydrogen-bond donors (Lipinski definition) is 1. The molecule has 0 amide bonds. The average molecular weight is 273 g/mol. The van der Waals surface area contributed by atoms with Gasteiger partial charge in [-0.05, 0) is 12.2 Å². The molecule has 0 atom stereocenters. The first-order chi connectivity index (χ1) is 7.86. The Morgan fingerprint density at radius 3 is 2.53 bits per heavy atom. The molecule has 0 radical (unpaired) electrons. The van der Waals surface area contributed by atoms with Crippen molar-refractivity contribution in [1.82, 2.24) is 4.98 Å². The maximum Gasteiger partial charge on any atom is 0.347 e. The molecule has 0 aromatic carbocycles. The van der Waals surface area contributed by atoms with E-state index in [1.54, 1.807) is 11.8 Å². The van der Waals surface area contributed by atoms with E-state index in [1.165, 1.54) is 11.3 Å². The van der Waals surface area contributed by atoms with Crippen molar-refractivity contribution in [2.24, 2.45) is 0 Å². The van der Waals surface area contributed by atoms with E-state index in [-0.39, 0.29) is 5.41 Å². The molecule has 0 saturated carbocycles. The fourth-order valence-corrected chi connectivity index (χ4v) is 3.45. The predicted molar refractivity (Wildman–Crippen MR) is 74.2 cm³/mol. The summed E-state index contributed by atoms with van der Waals surface area (Å²) in [6.07, 6.45) is 1.13. The highest BCUT2D eigenvalue weighted by atomic mass is 32.2. The minimum atomic E-state index is -0.862. The highest BCUT2D eigenvalue weighted by molar-refractivity contribution is 7.98. The van der Waals surface area contributed by atoms with Gasteiger partial charge in [0.2, 0.25) is 0 Å². The molecule has 1 aromatic rings. The van der Waals surface area contributed by atoms with Gasteiger partial charge < -0.3 is 5.11 Å². The minimum Gasteiger partial charge on any atom is -0.477 e. The summed E-state index contributed by atoms with van der Waals surface area (Å²) >= 11 is 3.12. The SMILES string of the molecule is CCCSCc1nc(C(C)(C)C)c(C(=O)O)s1. The maximum atomic E-state index is 11.2. The van der Waals surface area contributed by atoms with Crippen LogP contribution in [0.5, 0.6) is 0 Å². The number of carboxylic acids is 1. The van der Waals surface area contributed by atoms with Gasteiger partial charge >= 0.3 is 5.97 Å². The molecule has 1 heterocycles. The Morgan fingerprint density at radius 1 is 1.47 bits per heavy atom. The Balaban J connectivity index is 2.93. The number of aromatic nitrogens is 1. The van der Waals surface area contributed by atoms with Crippen LogP contribution in [0.4, 0.5) is 0 Å². The number of rotatable bonds is 5. The van der Waals surface area contributed by atoms with Crippen LogP contribution in [0.1, 0.15) is 54.5 Å². The maximum absolute atomic E-state index is 11.2. The number of hydrogen-bond acceptors (Lipinski definition) is 4. The van der Waals surface area contributed by atoms with Crippen LogP contribution in [-0.2, 0) is 11.2 Å². The number of carboxylic acid groups (broad SMARTS) is 1. The molecule has 0 bridgehead atoms.